The molecule has 3 rings (SSSR count). The van der Waals surface area contributed by atoms with Gasteiger partial charge in [0.25, 0.3) is 0 Å². The van der Waals surface area contributed by atoms with E-state index in [-0.39, 0.29) is 42.5 Å². The Hall–Kier alpha value is -3.66. The van der Waals surface area contributed by atoms with Crippen molar-refractivity contribution in [2.24, 2.45) is 0 Å². The van der Waals surface area contributed by atoms with Crippen LogP contribution in [0.4, 0.5) is 11.5 Å². The molecule has 222 valence electrons. The lowest BCUT2D eigenvalue weighted by Crippen LogP contribution is -2.52. The van der Waals surface area contributed by atoms with Gasteiger partial charge in [-0.2, -0.15) is 0 Å². The van der Waals surface area contributed by atoms with Gasteiger partial charge in [0.2, 0.25) is 17.7 Å². The Morgan fingerprint density at radius 1 is 0.878 bits per heavy atom. The Balaban J connectivity index is 0.00000420. The van der Waals surface area contributed by atoms with Crippen molar-refractivity contribution in [2.45, 2.75) is 58.7 Å². The van der Waals surface area contributed by atoms with E-state index in [1.54, 1.807) is 13.0 Å². The lowest BCUT2D eigenvalue weighted by Gasteiger charge is -2.21. The molecule has 1 heterocycles. The second-order valence-corrected chi connectivity index (χ2v) is 9.59. The number of benzene rings is 2. The van der Waals surface area contributed by atoms with E-state index < -0.39 is 12.1 Å². The smallest absolute Gasteiger partial charge is 0.242 e. The molecular weight excluding hydrogens is 563 g/mol. The number of amides is 3. The number of anilines is 2. The number of aromatic nitrogens is 1. The predicted octanol–water partition coefficient (Wildman–Crippen LogP) is 3.73. The highest BCUT2D eigenvalue weighted by molar-refractivity contribution is 5.89. The van der Waals surface area contributed by atoms with Crippen LogP contribution in [-0.2, 0) is 33.8 Å². The molecule has 0 spiro atoms. The van der Waals surface area contributed by atoms with E-state index in [2.05, 4.69) is 26.3 Å². The summed E-state index contributed by atoms with van der Waals surface area (Å²) in [5.41, 5.74) is 10.3. The van der Waals surface area contributed by atoms with Crippen LogP contribution in [0.2, 0.25) is 0 Å². The van der Waals surface area contributed by atoms with Crippen LogP contribution < -0.4 is 27.0 Å². The average Bonchev–Trinajstić information content (AvgIpc) is 2.91. The minimum absolute atomic E-state index is 0. The third kappa shape index (κ3) is 12.2. The maximum absolute atomic E-state index is 13.2. The van der Waals surface area contributed by atoms with Crippen molar-refractivity contribution < 1.29 is 14.4 Å². The van der Waals surface area contributed by atoms with Crippen LogP contribution in [0, 0.1) is 6.92 Å². The second kappa shape index (κ2) is 17.9. The van der Waals surface area contributed by atoms with E-state index in [0.717, 1.165) is 34.5 Å². The normalized spacial score (nSPS) is 11.7. The van der Waals surface area contributed by atoms with Crippen molar-refractivity contribution in [3.8, 4) is 0 Å². The van der Waals surface area contributed by atoms with Gasteiger partial charge in [0.15, 0.2) is 0 Å². The number of aryl methyl sites for hydroxylation is 2. The lowest BCUT2D eigenvalue weighted by molar-refractivity contribution is -0.129. The number of nitrogens with zero attached hydrogens (tertiary/aromatic N) is 1. The second-order valence-electron chi connectivity index (χ2n) is 9.59. The molecule has 2 aromatic carbocycles. The zero-order chi connectivity index (χ0) is 28.2. The standard InChI is InChI=1S/C30H38N6O3.2ClH/c1-20-25(12-16-28(31)34-20)19-33-29(38)21(2)35-30(39)27(15-11-23-7-5-4-6-8-23)32-18-17-24-9-13-26(14-10-24)36-22(3)37;;/h4-10,12-14,16,21,27,32H,11,15,17-19H2,1-3H3,(H2,31,34)(H,33,38)(H,35,39)(H,36,37);2*1H. The summed E-state index contributed by atoms with van der Waals surface area (Å²) in [6.45, 7) is 5.86. The van der Waals surface area contributed by atoms with Gasteiger partial charge in [-0.15, -0.1) is 24.8 Å². The highest BCUT2D eigenvalue weighted by Crippen LogP contribution is 2.11. The van der Waals surface area contributed by atoms with Crippen molar-refractivity contribution in [3.63, 3.8) is 0 Å². The molecule has 1 aromatic heterocycles. The van der Waals surface area contributed by atoms with Crippen LogP contribution in [0.25, 0.3) is 0 Å². The number of nitrogens with one attached hydrogen (secondary N) is 4. The van der Waals surface area contributed by atoms with Gasteiger partial charge in [0, 0.05) is 24.8 Å². The van der Waals surface area contributed by atoms with Crippen molar-refractivity contribution in [3.05, 3.63) is 89.1 Å². The van der Waals surface area contributed by atoms with Gasteiger partial charge in [0.1, 0.15) is 11.9 Å². The fraction of sp³-hybridized carbons (Fsp3) is 0.333. The van der Waals surface area contributed by atoms with E-state index in [1.807, 2.05) is 67.6 Å². The van der Waals surface area contributed by atoms with E-state index in [0.29, 0.717) is 31.7 Å². The fourth-order valence-corrected chi connectivity index (χ4v) is 4.14. The zero-order valence-corrected chi connectivity index (χ0v) is 25.2. The number of carbonyl (C=O) groups excluding carboxylic acids is 3. The number of nitrogens with two attached hydrogens (primary N) is 1. The predicted molar refractivity (Wildman–Crippen MR) is 168 cm³/mol. The first-order chi connectivity index (χ1) is 18.7. The van der Waals surface area contributed by atoms with Gasteiger partial charge in [-0.3, -0.25) is 14.4 Å². The van der Waals surface area contributed by atoms with Crippen LogP contribution in [0.1, 0.15) is 42.7 Å². The van der Waals surface area contributed by atoms with Gasteiger partial charge in [-0.1, -0.05) is 48.5 Å². The number of hydrogen-bond acceptors (Lipinski definition) is 6. The molecule has 9 nitrogen and oxygen atoms in total. The molecule has 2 unspecified atom stereocenters. The molecule has 0 aliphatic heterocycles. The van der Waals surface area contributed by atoms with Crippen molar-refractivity contribution in [2.75, 3.05) is 17.6 Å². The molecule has 0 aliphatic carbocycles. The summed E-state index contributed by atoms with van der Waals surface area (Å²) in [5.74, 6) is -0.184. The molecule has 0 bridgehead atoms. The van der Waals surface area contributed by atoms with Gasteiger partial charge < -0.3 is 27.0 Å². The first kappa shape index (κ1) is 35.4. The SMILES string of the molecule is CC(=O)Nc1ccc(CCNC(CCc2ccccc2)C(=O)NC(C)C(=O)NCc2ccc(N)nc2C)cc1.Cl.Cl. The number of carbonyl (C=O) groups is 3. The molecule has 0 saturated carbocycles. The molecule has 3 aromatic rings. The van der Waals surface area contributed by atoms with Gasteiger partial charge >= 0.3 is 0 Å². The molecule has 3 amide bonds. The van der Waals surface area contributed by atoms with Gasteiger partial charge in [-0.25, -0.2) is 4.98 Å². The van der Waals surface area contributed by atoms with E-state index >= 15 is 0 Å². The maximum atomic E-state index is 13.2. The number of hydrogen-bond donors (Lipinski definition) is 5. The summed E-state index contributed by atoms with van der Waals surface area (Å²) in [4.78, 5) is 41.4. The Morgan fingerprint density at radius 3 is 2.17 bits per heavy atom. The third-order valence-electron chi connectivity index (χ3n) is 6.38. The Kier molecular flexibility index (Phi) is 15.4. The highest BCUT2D eigenvalue weighted by Gasteiger charge is 2.22. The monoisotopic (exact) mass is 602 g/mol. The highest BCUT2D eigenvalue weighted by atomic mass is 35.5. The largest absolute Gasteiger partial charge is 0.384 e. The summed E-state index contributed by atoms with van der Waals surface area (Å²) >= 11 is 0. The maximum Gasteiger partial charge on any atom is 0.242 e. The minimum Gasteiger partial charge on any atom is -0.384 e. The third-order valence-corrected chi connectivity index (χ3v) is 6.38. The van der Waals surface area contributed by atoms with E-state index in [9.17, 15) is 14.4 Å². The molecular formula is C30H40Cl2N6O3. The Labute approximate surface area is 254 Å². The summed E-state index contributed by atoms with van der Waals surface area (Å²) in [5, 5.41) is 11.8. The quantitative estimate of drug-likeness (QED) is 0.202. The van der Waals surface area contributed by atoms with Crippen LogP contribution in [0.5, 0.6) is 0 Å². The van der Waals surface area contributed by atoms with Crippen molar-refractivity contribution in [1.82, 2.24) is 20.9 Å². The van der Waals surface area contributed by atoms with Crippen molar-refractivity contribution in [1.29, 1.82) is 0 Å². The summed E-state index contributed by atoms with van der Waals surface area (Å²) in [6.07, 6.45) is 2.02. The zero-order valence-electron chi connectivity index (χ0n) is 23.6. The average molecular weight is 604 g/mol. The first-order valence-electron chi connectivity index (χ1n) is 13.1. The minimum atomic E-state index is -0.707. The van der Waals surface area contributed by atoms with Crippen LogP contribution in [0.15, 0.2) is 66.7 Å². The summed E-state index contributed by atoms with van der Waals surface area (Å²) in [6, 6.07) is 20.0. The molecule has 2 atom stereocenters. The molecule has 6 N–H and O–H groups in total. The molecule has 0 aliphatic rings. The number of rotatable bonds is 13. The van der Waals surface area contributed by atoms with E-state index in [1.165, 1.54) is 6.92 Å². The number of halogens is 2. The molecule has 0 radical (unpaired) electrons. The topological polar surface area (TPSA) is 138 Å². The molecule has 41 heavy (non-hydrogen) atoms. The van der Waals surface area contributed by atoms with Crippen LogP contribution >= 0.6 is 24.8 Å². The van der Waals surface area contributed by atoms with E-state index in [4.69, 9.17) is 5.73 Å². The number of nitrogen functional groups attached to an aromatic ring is 1. The summed E-state index contributed by atoms with van der Waals surface area (Å²) < 4.78 is 0. The first-order valence-corrected chi connectivity index (χ1v) is 13.1. The Morgan fingerprint density at radius 2 is 1.54 bits per heavy atom. The summed E-state index contributed by atoms with van der Waals surface area (Å²) in [7, 11) is 0. The van der Waals surface area contributed by atoms with Crippen LogP contribution in [-0.4, -0.2) is 41.3 Å². The van der Waals surface area contributed by atoms with Gasteiger partial charge in [-0.05, 0) is 74.5 Å². The number of pyridine rings is 1. The Bertz CT molecular complexity index is 1260. The molecule has 11 heteroatoms. The lowest BCUT2D eigenvalue weighted by atomic mass is 10.0. The van der Waals surface area contributed by atoms with Crippen LogP contribution in [0.3, 0.4) is 0 Å². The van der Waals surface area contributed by atoms with Gasteiger partial charge in [0.05, 0.1) is 6.04 Å². The molecule has 0 saturated heterocycles. The fourth-order valence-electron chi connectivity index (χ4n) is 4.14. The van der Waals surface area contributed by atoms with Crippen molar-refractivity contribution >= 4 is 54.0 Å². The molecule has 0 fully saturated rings.